The van der Waals surface area contributed by atoms with Crippen molar-refractivity contribution in [1.29, 1.82) is 0 Å². The van der Waals surface area contributed by atoms with Crippen LogP contribution >= 0.6 is 0 Å². The van der Waals surface area contributed by atoms with Crippen molar-refractivity contribution in [1.82, 2.24) is 5.32 Å². The van der Waals surface area contributed by atoms with E-state index in [1.54, 1.807) is 0 Å². The molecule has 0 aliphatic heterocycles. The van der Waals surface area contributed by atoms with Crippen LogP contribution in [0.25, 0.3) is 0 Å². The summed E-state index contributed by atoms with van der Waals surface area (Å²) in [5.41, 5.74) is 6.16. The molecule has 3 heteroatoms. The van der Waals surface area contributed by atoms with Gasteiger partial charge in [-0.3, -0.25) is 0 Å². The summed E-state index contributed by atoms with van der Waals surface area (Å²) in [7, 11) is 0. The molecule has 0 saturated heterocycles. The van der Waals surface area contributed by atoms with Crippen LogP contribution in [0, 0.1) is 11.8 Å². The third-order valence-corrected chi connectivity index (χ3v) is 4.67. The SMILES string of the molecule is CC(CCO)NC1(CN)CCCC(C(C)C)CC1. The summed E-state index contributed by atoms with van der Waals surface area (Å²) in [6, 6.07) is 0.356. The molecule has 0 aromatic heterocycles. The molecule has 4 N–H and O–H groups in total. The maximum absolute atomic E-state index is 9.02. The molecule has 0 spiro atoms. The van der Waals surface area contributed by atoms with E-state index in [0.29, 0.717) is 12.6 Å². The van der Waals surface area contributed by atoms with Gasteiger partial charge in [-0.1, -0.05) is 26.7 Å². The topological polar surface area (TPSA) is 58.3 Å². The van der Waals surface area contributed by atoms with Crippen LogP contribution in [0.2, 0.25) is 0 Å². The largest absolute Gasteiger partial charge is 0.396 e. The molecule has 0 aromatic rings. The van der Waals surface area contributed by atoms with Gasteiger partial charge in [-0.2, -0.15) is 0 Å². The second kappa shape index (κ2) is 7.46. The number of nitrogens with two attached hydrogens (primary N) is 1. The van der Waals surface area contributed by atoms with E-state index in [1.165, 1.54) is 32.1 Å². The van der Waals surface area contributed by atoms with E-state index in [9.17, 15) is 0 Å². The average Bonchev–Trinajstić information content (AvgIpc) is 2.53. The normalized spacial score (nSPS) is 31.3. The molecule has 0 heterocycles. The predicted octanol–water partition coefficient (Wildman–Crippen LogP) is 2.28. The second-order valence-electron chi connectivity index (χ2n) is 6.48. The monoisotopic (exact) mass is 256 g/mol. The second-order valence-corrected chi connectivity index (χ2v) is 6.48. The van der Waals surface area contributed by atoms with E-state index in [1.807, 2.05) is 0 Å². The lowest BCUT2D eigenvalue weighted by Crippen LogP contribution is -2.54. The van der Waals surface area contributed by atoms with E-state index >= 15 is 0 Å². The molecule has 1 fully saturated rings. The molecule has 1 saturated carbocycles. The van der Waals surface area contributed by atoms with Crippen molar-refractivity contribution < 1.29 is 5.11 Å². The van der Waals surface area contributed by atoms with E-state index < -0.39 is 0 Å². The summed E-state index contributed by atoms with van der Waals surface area (Å²) >= 11 is 0. The van der Waals surface area contributed by atoms with Gasteiger partial charge in [-0.05, 0) is 44.4 Å². The number of rotatable bonds is 6. The molecule has 1 aliphatic rings. The van der Waals surface area contributed by atoms with Gasteiger partial charge in [0.15, 0.2) is 0 Å². The average molecular weight is 256 g/mol. The maximum atomic E-state index is 9.02. The van der Waals surface area contributed by atoms with Gasteiger partial charge in [-0.15, -0.1) is 0 Å². The van der Waals surface area contributed by atoms with E-state index in [-0.39, 0.29) is 12.1 Å². The van der Waals surface area contributed by atoms with Gasteiger partial charge >= 0.3 is 0 Å². The van der Waals surface area contributed by atoms with Crippen LogP contribution in [-0.4, -0.2) is 29.8 Å². The molecular weight excluding hydrogens is 224 g/mol. The van der Waals surface area contributed by atoms with Crippen LogP contribution in [0.3, 0.4) is 0 Å². The van der Waals surface area contributed by atoms with Crippen LogP contribution in [0.5, 0.6) is 0 Å². The van der Waals surface area contributed by atoms with Crippen LogP contribution in [0.15, 0.2) is 0 Å². The first-order valence-electron chi connectivity index (χ1n) is 7.61. The van der Waals surface area contributed by atoms with Crippen LogP contribution in [-0.2, 0) is 0 Å². The minimum Gasteiger partial charge on any atom is -0.396 e. The van der Waals surface area contributed by atoms with Crippen LogP contribution in [0.1, 0.15) is 59.3 Å². The predicted molar refractivity (Wildman–Crippen MR) is 77.5 cm³/mol. The van der Waals surface area contributed by atoms with E-state index in [2.05, 4.69) is 26.1 Å². The van der Waals surface area contributed by atoms with Crippen LogP contribution < -0.4 is 11.1 Å². The van der Waals surface area contributed by atoms with Crippen molar-refractivity contribution >= 4 is 0 Å². The first-order chi connectivity index (χ1) is 8.53. The smallest absolute Gasteiger partial charge is 0.0445 e. The highest BCUT2D eigenvalue weighted by Gasteiger charge is 2.33. The molecule has 0 bridgehead atoms. The Bertz CT molecular complexity index is 233. The Labute approximate surface area is 113 Å². The van der Waals surface area contributed by atoms with Gasteiger partial charge in [-0.25, -0.2) is 0 Å². The van der Waals surface area contributed by atoms with Crippen molar-refractivity contribution in [2.75, 3.05) is 13.2 Å². The molecule has 0 amide bonds. The third-order valence-electron chi connectivity index (χ3n) is 4.67. The lowest BCUT2D eigenvalue weighted by molar-refractivity contribution is 0.218. The highest BCUT2D eigenvalue weighted by Crippen LogP contribution is 2.34. The summed E-state index contributed by atoms with van der Waals surface area (Å²) in [4.78, 5) is 0. The molecule has 0 radical (unpaired) electrons. The highest BCUT2D eigenvalue weighted by molar-refractivity contribution is 4.93. The molecule has 18 heavy (non-hydrogen) atoms. The van der Waals surface area contributed by atoms with Gasteiger partial charge in [0.25, 0.3) is 0 Å². The lowest BCUT2D eigenvalue weighted by Gasteiger charge is -2.36. The molecule has 1 aliphatic carbocycles. The fourth-order valence-electron chi connectivity index (χ4n) is 3.30. The molecular formula is C15H32N2O. The fraction of sp³-hybridized carbons (Fsp3) is 1.00. The molecule has 3 atom stereocenters. The number of aliphatic hydroxyl groups is 1. The molecule has 1 rings (SSSR count). The Morgan fingerprint density at radius 2 is 2.00 bits per heavy atom. The Hall–Kier alpha value is -0.120. The number of hydrogen-bond donors (Lipinski definition) is 3. The van der Waals surface area contributed by atoms with Crippen molar-refractivity contribution in [2.24, 2.45) is 17.6 Å². The van der Waals surface area contributed by atoms with Crippen molar-refractivity contribution in [2.45, 2.75) is 70.9 Å². The van der Waals surface area contributed by atoms with E-state index in [4.69, 9.17) is 10.8 Å². The Balaban J connectivity index is 2.58. The van der Waals surface area contributed by atoms with Crippen molar-refractivity contribution in [3.8, 4) is 0 Å². The summed E-state index contributed by atoms with van der Waals surface area (Å²) < 4.78 is 0. The van der Waals surface area contributed by atoms with Gasteiger partial charge in [0.2, 0.25) is 0 Å². The zero-order valence-electron chi connectivity index (χ0n) is 12.4. The first-order valence-corrected chi connectivity index (χ1v) is 7.61. The number of aliphatic hydroxyl groups excluding tert-OH is 1. The lowest BCUT2D eigenvalue weighted by atomic mass is 9.86. The first kappa shape index (κ1) is 15.9. The van der Waals surface area contributed by atoms with Crippen molar-refractivity contribution in [3.63, 3.8) is 0 Å². The minimum absolute atomic E-state index is 0.109. The Kier molecular flexibility index (Phi) is 6.61. The number of hydrogen-bond acceptors (Lipinski definition) is 3. The molecule has 108 valence electrons. The number of nitrogens with one attached hydrogen (secondary N) is 1. The highest BCUT2D eigenvalue weighted by atomic mass is 16.3. The summed E-state index contributed by atoms with van der Waals surface area (Å²) in [5.74, 6) is 1.64. The minimum atomic E-state index is 0.109. The summed E-state index contributed by atoms with van der Waals surface area (Å²) in [6.07, 6.45) is 7.09. The van der Waals surface area contributed by atoms with Gasteiger partial charge in [0, 0.05) is 24.7 Å². The maximum Gasteiger partial charge on any atom is 0.0445 e. The zero-order chi connectivity index (χ0) is 13.6. The molecule has 0 aromatic carbocycles. The summed E-state index contributed by atoms with van der Waals surface area (Å²) in [6.45, 7) is 7.79. The molecule has 3 unspecified atom stereocenters. The van der Waals surface area contributed by atoms with Crippen molar-refractivity contribution in [3.05, 3.63) is 0 Å². The van der Waals surface area contributed by atoms with Gasteiger partial charge in [0.05, 0.1) is 0 Å². The molecule has 3 nitrogen and oxygen atoms in total. The zero-order valence-corrected chi connectivity index (χ0v) is 12.4. The van der Waals surface area contributed by atoms with E-state index in [0.717, 1.165) is 18.3 Å². The third kappa shape index (κ3) is 4.52. The van der Waals surface area contributed by atoms with Gasteiger partial charge in [0.1, 0.15) is 0 Å². The van der Waals surface area contributed by atoms with Crippen LogP contribution in [0.4, 0.5) is 0 Å². The standard InChI is InChI=1S/C15H32N2O/c1-12(2)14-5-4-8-15(11-16,9-6-14)17-13(3)7-10-18/h12-14,17-18H,4-11,16H2,1-3H3. The fourth-order valence-corrected chi connectivity index (χ4v) is 3.30. The Morgan fingerprint density at radius 1 is 1.28 bits per heavy atom. The quantitative estimate of drug-likeness (QED) is 0.639. The summed E-state index contributed by atoms with van der Waals surface area (Å²) in [5, 5.41) is 12.7. The van der Waals surface area contributed by atoms with Gasteiger partial charge < -0.3 is 16.2 Å². The Morgan fingerprint density at radius 3 is 2.56 bits per heavy atom.